The first-order chi connectivity index (χ1) is 12.8. The van der Waals surface area contributed by atoms with Crippen molar-refractivity contribution in [1.29, 1.82) is 0 Å². The van der Waals surface area contributed by atoms with Gasteiger partial charge < -0.3 is 14.6 Å². The molecule has 1 aliphatic rings. The van der Waals surface area contributed by atoms with Crippen LogP contribution in [-0.4, -0.2) is 24.5 Å². The van der Waals surface area contributed by atoms with Gasteiger partial charge in [0.2, 0.25) is 0 Å². The number of ether oxygens (including phenoxy) is 1. The number of rotatable bonds is 2. The minimum absolute atomic E-state index is 0.229. The van der Waals surface area contributed by atoms with Crippen molar-refractivity contribution in [3.63, 3.8) is 0 Å². The minimum atomic E-state index is -4.56. The summed E-state index contributed by atoms with van der Waals surface area (Å²) in [7, 11) is 1.21. The highest BCUT2D eigenvalue weighted by molar-refractivity contribution is 9.10. The quantitative estimate of drug-likeness (QED) is 0.600. The van der Waals surface area contributed by atoms with Crippen LogP contribution in [0.3, 0.4) is 0 Å². The third-order valence-electron chi connectivity index (χ3n) is 4.72. The van der Waals surface area contributed by atoms with Crippen LogP contribution in [0.25, 0.3) is 10.9 Å². The third kappa shape index (κ3) is 2.97. The number of H-pyrrole nitrogens is 1. The number of alkyl halides is 3. The molecule has 0 aliphatic carbocycles. The summed E-state index contributed by atoms with van der Waals surface area (Å²) in [6.07, 6.45) is -2.50. The van der Waals surface area contributed by atoms with Crippen molar-refractivity contribution in [3.05, 3.63) is 57.7 Å². The normalized spacial score (nSPS) is 13.9. The van der Waals surface area contributed by atoms with Gasteiger partial charge in [0.1, 0.15) is 5.75 Å². The zero-order valence-corrected chi connectivity index (χ0v) is 15.7. The summed E-state index contributed by atoms with van der Waals surface area (Å²) in [4.78, 5) is 17.5. The zero-order valence-electron chi connectivity index (χ0n) is 14.2. The van der Waals surface area contributed by atoms with Crippen LogP contribution in [-0.2, 0) is 12.6 Å². The molecule has 0 saturated heterocycles. The van der Waals surface area contributed by atoms with Crippen molar-refractivity contribution >= 4 is 38.4 Å². The Morgan fingerprint density at radius 2 is 2.04 bits per heavy atom. The third-order valence-corrected chi connectivity index (χ3v) is 5.21. The average molecular weight is 439 g/mol. The molecule has 0 saturated carbocycles. The van der Waals surface area contributed by atoms with Crippen LogP contribution >= 0.6 is 15.9 Å². The number of halogens is 4. The highest BCUT2D eigenvalue weighted by atomic mass is 79.9. The molecule has 0 atom stereocenters. The van der Waals surface area contributed by atoms with E-state index in [1.807, 2.05) is 12.1 Å². The Morgan fingerprint density at radius 1 is 1.26 bits per heavy atom. The molecule has 1 N–H and O–H groups in total. The SMILES string of the molecule is COc1cc2c(cc1C(F)(F)F)N(C(=O)c1c[nH]c3cc(Br)ccc13)CC2. The Morgan fingerprint density at radius 3 is 2.74 bits per heavy atom. The number of aromatic nitrogens is 1. The lowest BCUT2D eigenvalue weighted by molar-refractivity contribution is -0.138. The summed E-state index contributed by atoms with van der Waals surface area (Å²) in [6.45, 7) is 0.321. The van der Waals surface area contributed by atoms with E-state index in [0.717, 1.165) is 21.4 Å². The van der Waals surface area contributed by atoms with E-state index in [1.165, 1.54) is 18.1 Å². The largest absolute Gasteiger partial charge is 0.496 e. The number of methoxy groups -OCH3 is 1. The molecule has 3 aromatic rings. The second-order valence-corrected chi connectivity index (χ2v) is 7.19. The molecule has 0 unspecified atom stereocenters. The minimum Gasteiger partial charge on any atom is -0.496 e. The van der Waals surface area contributed by atoms with Gasteiger partial charge in [0, 0.05) is 33.8 Å². The van der Waals surface area contributed by atoms with E-state index in [1.54, 1.807) is 12.3 Å². The van der Waals surface area contributed by atoms with Crippen LogP contribution in [0.15, 0.2) is 41.0 Å². The van der Waals surface area contributed by atoms with E-state index in [9.17, 15) is 18.0 Å². The molecule has 2 aromatic carbocycles. The van der Waals surface area contributed by atoms with Crippen LogP contribution in [0.1, 0.15) is 21.5 Å². The van der Waals surface area contributed by atoms with Crippen LogP contribution in [0.5, 0.6) is 5.75 Å². The number of hydrogen-bond acceptors (Lipinski definition) is 2. The first-order valence-corrected chi connectivity index (χ1v) is 8.95. The molecular weight excluding hydrogens is 425 g/mol. The summed E-state index contributed by atoms with van der Waals surface area (Å²) < 4.78 is 45.8. The Labute approximate surface area is 161 Å². The summed E-state index contributed by atoms with van der Waals surface area (Å²) in [5, 5.41) is 0.723. The Balaban J connectivity index is 1.78. The van der Waals surface area contributed by atoms with Crippen LogP contribution < -0.4 is 9.64 Å². The van der Waals surface area contributed by atoms with Gasteiger partial charge in [-0.15, -0.1) is 0 Å². The summed E-state index contributed by atoms with van der Waals surface area (Å²) in [5.74, 6) is -0.562. The van der Waals surface area contributed by atoms with Crippen LogP contribution in [0.2, 0.25) is 0 Å². The van der Waals surface area contributed by atoms with E-state index in [0.29, 0.717) is 24.1 Å². The zero-order chi connectivity index (χ0) is 19.3. The molecule has 0 spiro atoms. The van der Waals surface area contributed by atoms with E-state index in [-0.39, 0.29) is 17.3 Å². The number of anilines is 1. The Kier molecular flexibility index (Phi) is 4.18. The standard InChI is InChI=1S/C19H14BrF3N2O2/c1-27-17-6-10-4-5-25(16(10)8-14(17)19(21,22)23)18(26)13-9-24-15-7-11(20)2-3-12(13)15/h2-3,6-9,24H,4-5H2,1H3. The Hall–Kier alpha value is -2.48. The van der Waals surface area contributed by atoms with Crippen molar-refractivity contribution < 1.29 is 22.7 Å². The van der Waals surface area contributed by atoms with Crippen molar-refractivity contribution in [1.82, 2.24) is 4.98 Å². The fraction of sp³-hybridized carbons (Fsp3) is 0.211. The van der Waals surface area contributed by atoms with Crippen LogP contribution in [0, 0.1) is 0 Å². The lowest BCUT2D eigenvalue weighted by Gasteiger charge is -2.20. The lowest BCUT2D eigenvalue weighted by Crippen LogP contribution is -2.29. The van der Waals surface area contributed by atoms with Gasteiger partial charge in [-0.05, 0) is 36.2 Å². The molecule has 1 aliphatic heterocycles. The number of aromatic amines is 1. The first-order valence-electron chi connectivity index (χ1n) is 8.16. The maximum absolute atomic E-state index is 13.4. The maximum Gasteiger partial charge on any atom is 0.420 e. The predicted octanol–water partition coefficient (Wildman–Crippen LogP) is 5.16. The predicted molar refractivity (Wildman–Crippen MR) is 99.4 cm³/mol. The molecule has 140 valence electrons. The van der Waals surface area contributed by atoms with E-state index < -0.39 is 11.7 Å². The topological polar surface area (TPSA) is 45.3 Å². The lowest BCUT2D eigenvalue weighted by atomic mass is 10.1. The number of carbonyl (C=O) groups excluding carboxylic acids is 1. The second-order valence-electron chi connectivity index (χ2n) is 6.28. The van der Waals surface area contributed by atoms with Crippen molar-refractivity contribution in [2.75, 3.05) is 18.6 Å². The molecular formula is C19H14BrF3N2O2. The molecule has 4 rings (SSSR count). The van der Waals surface area contributed by atoms with E-state index in [2.05, 4.69) is 20.9 Å². The van der Waals surface area contributed by atoms with Gasteiger partial charge >= 0.3 is 6.18 Å². The summed E-state index contributed by atoms with van der Waals surface area (Å²) in [5.41, 5.74) is 1.26. The van der Waals surface area contributed by atoms with Gasteiger partial charge in [0.05, 0.1) is 18.2 Å². The molecule has 2 heterocycles. The molecule has 0 radical (unpaired) electrons. The number of nitrogens with one attached hydrogen (secondary N) is 1. The first kappa shape index (κ1) is 17.9. The number of amides is 1. The molecule has 8 heteroatoms. The molecule has 0 bridgehead atoms. The second kappa shape index (κ2) is 6.30. The highest BCUT2D eigenvalue weighted by Gasteiger charge is 2.38. The van der Waals surface area contributed by atoms with Gasteiger partial charge in [-0.1, -0.05) is 22.0 Å². The molecule has 0 fully saturated rings. The van der Waals surface area contributed by atoms with E-state index >= 15 is 0 Å². The number of carbonyl (C=O) groups is 1. The van der Waals surface area contributed by atoms with Gasteiger partial charge in [-0.2, -0.15) is 13.2 Å². The molecule has 4 nitrogen and oxygen atoms in total. The number of fused-ring (bicyclic) bond motifs is 2. The number of nitrogens with zero attached hydrogens (tertiary/aromatic N) is 1. The van der Waals surface area contributed by atoms with Gasteiger partial charge in [0.15, 0.2) is 0 Å². The van der Waals surface area contributed by atoms with Crippen molar-refractivity contribution in [2.45, 2.75) is 12.6 Å². The molecule has 1 amide bonds. The molecule has 27 heavy (non-hydrogen) atoms. The van der Waals surface area contributed by atoms with Gasteiger partial charge in [-0.25, -0.2) is 0 Å². The van der Waals surface area contributed by atoms with Crippen molar-refractivity contribution in [2.24, 2.45) is 0 Å². The van der Waals surface area contributed by atoms with Gasteiger partial charge in [-0.3, -0.25) is 4.79 Å². The fourth-order valence-electron chi connectivity index (χ4n) is 3.44. The monoisotopic (exact) mass is 438 g/mol. The number of hydrogen-bond donors (Lipinski definition) is 1. The highest BCUT2D eigenvalue weighted by Crippen LogP contribution is 2.42. The average Bonchev–Trinajstić information content (AvgIpc) is 3.22. The number of benzene rings is 2. The summed E-state index contributed by atoms with van der Waals surface area (Å²) in [6, 6.07) is 7.84. The fourth-order valence-corrected chi connectivity index (χ4v) is 3.80. The Bertz CT molecular complexity index is 1060. The summed E-state index contributed by atoms with van der Waals surface area (Å²) >= 11 is 3.37. The smallest absolute Gasteiger partial charge is 0.420 e. The van der Waals surface area contributed by atoms with Crippen molar-refractivity contribution in [3.8, 4) is 5.75 Å². The van der Waals surface area contributed by atoms with Gasteiger partial charge in [0.25, 0.3) is 5.91 Å². The molecule has 1 aromatic heterocycles. The maximum atomic E-state index is 13.4. The van der Waals surface area contributed by atoms with E-state index in [4.69, 9.17) is 4.74 Å². The van der Waals surface area contributed by atoms with Crippen LogP contribution in [0.4, 0.5) is 18.9 Å².